The van der Waals surface area contributed by atoms with Gasteiger partial charge in [-0.1, -0.05) is 28.2 Å². The summed E-state index contributed by atoms with van der Waals surface area (Å²) in [6, 6.07) is 0. The van der Waals surface area contributed by atoms with Crippen molar-refractivity contribution in [3.8, 4) is 0 Å². The predicted octanol–water partition coefficient (Wildman–Crippen LogP) is 2.62. The van der Waals surface area contributed by atoms with Gasteiger partial charge in [0.2, 0.25) is 0 Å². The van der Waals surface area contributed by atoms with E-state index < -0.39 is 0 Å². The van der Waals surface area contributed by atoms with Crippen molar-refractivity contribution in [2.24, 2.45) is 0 Å². The molecule has 0 aliphatic carbocycles. The van der Waals surface area contributed by atoms with Crippen LogP contribution in [-0.4, -0.2) is 148 Å². The van der Waals surface area contributed by atoms with Crippen LogP contribution in [0.2, 0.25) is 0 Å². The fourth-order valence-corrected chi connectivity index (χ4v) is 4.67. The first-order chi connectivity index (χ1) is 15.8. The number of nitrogens with zero attached hydrogens (tertiary/aromatic N) is 6. The maximum absolute atomic E-state index is 11.8. The van der Waals surface area contributed by atoms with E-state index in [4.69, 9.17) is 0 Å². The Kier molecular flexibility index (Phi) is 15.6. The Bertz CT molecular complexity index is 536. The quantitative estimate of drug-likeness (QED) is 0.406. The molecule has 10 heteroatoms. The van der Waals surface area contributed by atoms with Crippen LogP contribution in [0.5, 0.6) is 0 Å². The van der Waals surface area contributed by atoms with Crippen LogP contribution in [0.1, 0.15) is 47.5 Å². The number of rotatable bonds is 6. The number of hydrogen-bond acceptors (Lipinski definition) is 6. The minimum atomic E-state index is -0.230. The predicted molar refractivity (Wildman–Crippen MR) is 147 cm³/mol. The van der Waals surface area contributed by atoms with Crippen LogP contribution in [0.15, 0.2) is 0 Å². The van der Waals surface area contributed by atoms with Crippen LogP contribution in [0.4, 0.5) is 0 Å². The molecule has 0 aromatic heterocycles. The van der Waals surface area contributed by atoms with E-state index in [0.717, 1.165) is 78.3 Å². The average molecular weight is 507 g/mol. The minimum Gasteiger partial charge on any atom is -0.633 e. The summed E-state index contributed by atoms with van der Waals surface area (Å²) >= 11 is 0. The normalized spacial score (nSPS) is 30.7. The van der Waals surface area contributed by atoms with Gasteiger partial charge in [-0.2, -0.15) is 0 Å². The third kappa shape index (κ3) is 14.2. The van der Waals surface area contributed by atoms with E-state index in [1.54, 1.807) is 14.1 Å². The molecular weight excluding hydrogens is 448 g/mol. The largest absolute Gasteiger partial charge is 0.633 e. The second kappa shape index (κ2) is 15.8. The van der Waals surface area contributed by atoms with Gasteiger partial charge in [0.05, 0.1) is 53.4 Å². The van der Waals surface area contributed by atoms with Crippen LogP contribution in [0, 0.1) is 20.8 Å². The fraction of sp³-hybridized carbons (Fsp3) is 1.00. The van der Waals surface area contributed by atoms with Crippen molar-refractivity contribution in [3.05, 3.63) is 20.8 Å². The lowest BCUT2D eigenvalue weighted by atomic mass is 10.3. The molecule has 3 aliphatic heterocycles. The van der Waals surface area contributed by atoms with E-state index in [1.165, 1.54) is 6.42 Å². The average Bonchev–Trinajstić information content (AvgIpc) is 2.76. The highest BCUT2D eigenvalue weighted by molar-refractivity contribution is 4.62. The third-order valence-corrected chi connectivity index (χ3v) is 7.32. The first-order valence-corrected chi connectivity index (χ1v) is 13.4. The standard InChI is InChI=1S/C8H18N2O2.2C8H18N2O.CH4/c1-3-4-10(12)7-5-9(2,11)6-8-10;1-3-6-10(11)7-4-9(2)5-8-10;1-3-4-9-5-7-10(2,11)8-6-9;/h3-8H2,1-2H3;2*3-8H2,1-2H3;1H4. The van der Waals surface area contributed by atoms with Crippen molar-refractivity contribution in [2.45, 2.75) is 47.5 Å². The zero-order valence-corrected chi connectivity index (χ0v) is 23.0. The summed E-state index contributed by atoms with van der Waals surface area (Å²) in [5.74, 6) is 0. The van der Waals surface area contributed by atoms with Gasteiger partial charge < -0.3 is 39.4 Å². The topological polar surface area (TPSA) is 98.7 Å². The number of quaternary nitrogens is 4. The molecule has 0 bridgehead atoms. The molecule has 0 saturated carbocycles. The summed E-state index contributed by atoms with van der Waals surface area (Å²) in [6.45, 7) is 17.8. The summed E-state index contributed by atoms with van der Waals surface area (Å²) in [7, 11) is 5.49. The number of hydroxylamine groups is 12. The molecule has 0 spiro atoms. The van der Waals surface area contributed by atoms with Crippen LogP contribution >= 0.6 is 0 Å². The zero-order chi connectivity index (χ0) is 25.9. The first kappa shape index (κ1) is 34.6. The molecule has 0 radical (unpaired) electrons. The Labute approximate surface area is 216 Å². The molecule has 35 heavy (non-hydrogen) atoms. The number of hydrogen-bond donors (Lipinski definition) is 0. The van der Waals surface area contributed by atoms with Gasteiger partial charge in [0.25, 0.3) is 0 Å². The summed E-state index contributed by atoms with van der Waals surface area (Å²) in [4.78, 5) is 4.60. The molecule has 3 saturated heterocycles. The Balaban J connectivity index is 0.000000489. The molecule has 0 aromatic carbocycles. The van der Waals surface area contributed by atoms with Crippen molar-refractivity contribution < 1.29 is 18.6 Å². The molecule has 3 aliphatic rings. The highest BCUT2D eigenvalue weighted by Gasteiger charge is 2.28. The van der Waals surface area contributed by atoms with Crippen LogP contribution < -0.4 is 0 Å². The zero-order valence-electron chi connectivity index (χ0n) is 23.0. The van der Waals surface area contributed by atoms with Crippen molar-refractivity contribution in [3.63, 3.8) is 0 Å². The Morgan fingerprint density at radius 2 is 0.971 bits per heavy atom. The monoisotopic (exact) mass is 506 g/mol. The maximum Gasteiger partial charge on any atom is 0.129 e. The fourth-order valence-electron chi connectivity index (χ4n) is 4.67. The summed E-state index contributed by atoms with van der Waals surface area (Å²) in [5, 5.41) is 46.4. The molecule has 212 valence electrons. The molecule has 0 atom stereocenters. The summed E-state index contributed by atoms with van der Waals surface area (Å²) < 4.78 is -0.375. The lowest BCUT2D eigenvalue weighted by Gasteiger charge is -2.52. The van der Waals surface area contributed by atoms with Gasteiger partial charge >= 0.3 is 0 Å². The van der Waals surface area contributed by atoms with E-state index in [1.807, 2.05) is 6.92 Å². The van der Waals surface area contributed by atoms with E-state index >= 15 is 0 Å². The van der Waals surface area contributed by atoms with E-state index in [0.29, 0.717) is 32.7 Å². The molecule has 0 N–H and O–H groups in total. The van der Waals surface area contributed by atoms with E-state index in [-0.39, 0.29) is 26.0 Å². The van der Waals surface area contributed by atoms with Crippen LogP contribution in [0.25, 0.3) is 0 Å². The molecule has 3 heterocycles. The van der Waals surface area contributed by atoms with E-state index in [9.17, 15) is 20.8 Å². The van der Waals surface area contributed by atoms with E-state index in [2.05, 4.69) is 30.7 Å². The van der Waals surface area contributed by atoms with Crippen LogP contribution in [0.3, 0.4) is 0 Å². The highest BCUT2D eigenvalue weighted by atomic mass is 16.6. The van der Waals surface area contributed by atoms with Crippen molar-refractivity contribution in [1.29, 1.82) is 0 Å². The second-order valence-corrected chi connectivity index (χ2v) is 11.1. The lowest BCUT2D eigenvalue weighted by Crippen LogP contribution is -2.61. The first-order valence-electron chi connectivity index (χ1n) is 13.4. The number of piperazine rings is 3. The molecule has 0 amide bonds. The third-order valence-electron chi connectivity index (χ3n) is 7.32. The molecular formula is C25H58N6O4. The number of likely N-dealkylation sites (N-methyl/N-ethyl adjacent to an activating group) is 3. The van der Waals surface area contributed by atoms with Gasteiger partial charge in [0.1, 0.15) is 26.2 Å². The van der Waals surface area contributed by atoms with Gasteiger partial charge in [-0.15, -0.1) is 0 Å². The maximum atomic E-state index is 11.8. The van der Waals surface area contributed by atoms with Gasteiger partial charge in [-0.05, 0) is 32.9 Å². The second-order valence-electron chi connectivity index (χ2n) is 11.1. The molecule has 0 aromatic rings. The Morgan fingerprint density at radius 3 is 1.37 bits per heavy atom. The van der Waals surface area contributed by atoms with Crippen molar-refractivity contribution in [1.82, 2.24) is 9.80 Å². The van der Waals surface area contributed by atoms with Gasteiger partial charge in [0, 0.05) is 26.2 Å². The van der Waals surface area contributed by atoms with Crippen molar-refractivity contribution >= 4 is 0 Å². The van der Waals surface area contributed by atoms with Gasteiger partial charge in [-0.3, -0.25) is 9.80 Å². The Morgan fingerprint density at radius 1 is 0.571 bits per heavy atom. The lowest BCUT2D eigenvalue weighted by molar-refractivity contribution is -0.980. The molecule has 10 nitrogen and oxygen atoms in total. The summed E-state index contributed by atoms with van der Waals surface area (Å²) in [5.41, 5.74) is 0. The molecule has 3 rings (SSSR count). The minimum absolute atomic E-state index is 0. The van der Waals surface area contributed by atoms with Gasteiger partial charge in [0.15, 0.2) is 0 Å². The summed E-state index contributed by atoms with van der Waals surface area (Å²) in [6.07, 6.45) is 3.11. The molecule has 0 unspecified atom stereocenters. The van der Waals surface area contributed by atoms with Crippen LogP contribution in [-0.2, 0) is 0 Å². The SMILES string of the molecule is C.CCCN1CC[N+](C)([O-])CC1.CCC[N+]1([O-])CCN(C)CC1.CCC[N+]1([O-])CC[N+](C)([O-])CC1. The van der Waals surface area contributed by atoms with Crippen molar-refractivity contribution in [2.75, 3.05) is 119 Å². The smallest absolute Gasteiger partial charge is 0.129 e. The molecule has 3 fully saturated rings. The Hall–Kier alpha value is -0.400. The highest BCUT2D eigenvalue weighted by Crippen LogP contribution is 2.15. The van der Waals surface area contributed by atoms with Gasteiger partial charge in [-0.25, -0.2) is 0 Å².